The number of methoxy groups -OCH3 is 2. The zero-order chi connectivity index (χ0) is 17.6. The molecule has 0 fully saturated rings. The maximum absolute atomic E-state index is 12.3. The second-order valence-corrected chi connectivity index (χ2v) is 5.24. The number of aromatic nitrogens is 3. The van der Waals surface area contributed by atoms with Gasteiger partial charge in [0, 0.05) is 36.8 Å². The average molecular weight is 338 g/mol. The van der Waals surface area contributed by atoms with E-state index < -0.39 is 0 Å². The molecule has 2 heterocycles. The number of ether oxygens (including phenoxy) is 2. The van der Waals surface area contributed by atoms with Gasteiger partial charge in [-0.2, -0.15) is 0 Å². The highest BCUT2D eigenvalue weighted by atomic mass is 16.5. The molecule has 3 aromatic rings. The monoisotopic (exact) mass is 338 g/mol. The molecule has 0 atom stereocenters. The van der Waals surface area contributed by atoms with E-state index in [4.69, 9.17) is 9.47 Å². The van der Waals surface area contributed by atoms with Gasteiger partial charge in [-0.05, 0) is 24.3 Å². The summed E-state index contributed by atoms with van der Waals surface area (Å²) in [5.41, 5.74) is 1.34. The van der Waals surface area contributed by atoms with Gasteiger partial charge in [0.1, 0.15) is 23.6 Å². The van der Waals surface area contributed by atoms with Crippen molar-refractivity contribution < 1.29 is 14.3 Å². The molecule has 0 spiro atoms. The van der Waals surface area contributed by atoms with E-state index in [2.05, 4.69) is 15.3 Å². The zero-order valence-corrected chi connectivity index (χ0v) is 14.0. The Morgan fingerprint density at radius 1 is 1.20 bits per heavy atom. The Labute approximate surface area is 145 Å². The van der Waals surface area contributed by atoms with Gasteiger partial charge in [0.05, 0.1) is 19.8 Å². The van der Waals surface area contributed by atoms with Crippen LogP contribution in [0.3, 0.4) is 0 Å². The van der Waals surface area contributed by atoms with Crippen LogP contribution in [0.25, 0.3) is 5.82 Å². The summed E-state index contributed by atoms with van der Waals surface area (Å²) in [5, 5.41) is 2.86. The molecule has 2 aromatic heterocycles. The number of nitrogens with one attached hydrogen (secondary N) is 1. The zero-order valence-electron chi connectivity index (χ0n) is 14.0. The van der Waals surface area contributed by atoms with Crippen molar-refractivity contribution in [3.8, 4) is 17.3 Å². The van der Waals surface area contributed by atoms with Crippen LogP contribution in [0.15, 0.2) is 55.2 Å². The molecular formula is C18H18N4O3. The number of amides is 1. The summed E-state index contributed by atoms with van der Waals surface area (Å²) in [5.74, 6) is 1.85. The fraction of sp³-hybridized carbons (Fsp3) is 0.167. The molecule has 3 rings (SSSR count). The third-order valence-electron chi connectivity index (χ3n) is 3.71. The van der Waals surface area contributed by atoms with Crippen LogP contribution < -0.4 is 14.8 Å². The summed E-state index contributed by atoms with van der Waals surface area (Å²) in [6.07, 6.45) is 6.65. The summed E-state index contributed by atoms with van der Waals surface area (Å²) in [6.45, 7) is 0.343. The topological polar surface area (TPSA) is 78.3 Å². The van der Waals surface area contributed by atoms with Crippen LogP contribution in [-0.2, 0) is 6.54 Å². The highest BCUT2D eigenvalue weighted by molar-refractivity contribution is 5.93. The van der Waals surface area contributed by atoms with Crippen molar-refractivity contribution in [1.29, 1.82) is 0 Å². The number of nitrogens with zero attached hydrogens (tertiary/aromatic N) is 3. The lowest BCUT2D eigenvalue weighted by Crippen LogP contribution is -2.23. The lowest BCUT2D eigenvalue weighted by atomic mass is 10.2. The fourth-order valence-corrected chi connectivity index (χ4v) is 2.34. The number of hydrogen-bond acceptors (Lipinski definition) is 5. The van der Waals surface area contributed by atoms with Crippen LogP contribution in [0.5, 0.6) is 11.5 Å². The third kappa shape index (κ3) is 3.77. The maximum atomic E-state index is 12.3. The van der Waals surface area contributed by atoms with Crippen molar-refractivity contribution in [1.82, 2.24) is 19.9 Å². The van der Waals surface area contributed by atoms with Gasteiger partial charge >= 0.3 is 0 Å². The van der Waals surface area contributed by atoms with Gasteiger partial charge in [-0.1, -0.05) is 0 Å². The van der Waals surface area contributed by atoms with Crippen LogP contribution in [0.1, 0.15) is 15.9 Å². The molecule has 7 heteroatoms. The van der Waals surface area contributed by atoms with Crippen molar-refractivity contribution in [2.24, 2.45) is 0 Å². The van der Waals surface area contributed by atoms with Gasteiger partial charge in [0.2, 0.25) is 0 Å². The smallest absolute Gasteiger partial charge is 0.253 e. The number of pyridine rings is 1. The van der Waals surface area contributed by atoms with Crippen LogP contribution in [0.2, 0.25) is 0 Å². The van der Waals surface area contributed by atoms with E-state index in [0.717, 1.165) is 5.56 Å². The van der Waals surface area contributed by atoms with E-state index >= 15 is 0 Å². The van der Waals surface area contributed by atoms with E-state index in [-0.39, 0.29) is 5.91 Å². The third-order valence-corrected chi connectivity index (χ3v) is 3.71. The summed E-state index contributed by atoms with van der Waals surface area (Å²) in [7, 11) is 3.18. The normalized spacial score (nSPS) is 10.3. The molecule has 0 bridgehead atoms. The van der Waals surface area contributed by atoms with Crippen LogP contribution in [-0.4, -0.2) is 34.7 Å². The Morgan fingerprint density at radius 3 is 2.72 bits per heavy atom. The number of rotatable bonds is 6. The Hall–Kier alpha value is -3.35. The molecule has 0 aliphatic heterocycles. The highest BCUT2D eigenvalue weighted by Crippen LogP contribution is 2.24. The van der Waals surface area contributed by atoms with Gasteiger partial charge in [0.15, 0.2) is 0 Å². The quantitative estimate of drug-likeness (QED) is 0.745. The molecule has 0 aliphatic rings. The van der Waals surface area contributed by atoms with E-state index in [0.29, 0.717) is 29.4 Å². The van der Waals surface area contributed by atoms with Crippen molar-refractivity contribution >= 4 is 5.91 Å². The molecule has 0 unspecified atom stereocenters. The first-order valence-electron chi connectivity index (χ1n) is 7.64. The standard InChI is InChI=1S/C18H18N4O3/c1-24-15-5-3-13(16(9-15)25-2)10-21-18(23)14-4-6-17(20-11-14)22-8-7-19-12-22/h3-9,11-12H,10H2,1-2H3,(H,21,23). The van der Waals surface area contributed by atoms with Crippen LogP contribution in [0, 0.1) is 0 Å². The molecule has 0 radical (unpaired) electrons. The predicted octanol–water partition coefficient (Wildman–Crippen LogP) is 2.21. The van der Waals surface area contributed by atoms with Crippen LogP contribution in [0.4, 0.5) is 0 Å². The lowest BCUT2D eigenvalue weighted by molar-refractivity contribution is 0.0950. The summed E-state index contributed by atoms with van der Waals surface area (Å²) >= 11 is 0. The first-order valence-corrected chi connectivity index (χ1v) is 7.64. The predicted molar refractivity (Wildman–Crippen MR) is 92.1 cm³/mol. The van der Waals surface area contributed by atoms with E-state index in [1.807, 2.05) is 12.1 Å². The van der Waals surface area contributed by atoms with E-state index in [1.54, 1.807) is 55.7 Å². The highest BCUT2D eigenvalue weighted by Gasteiger charge is 2.10. The Bertz CT molecular complexity index is 845. The number of benzene rings is 1. The molecule has 0 aliphatic carbocycles. The fourth-order valence-electron chi connectivity index (χ4n) is 2.34. The minimum Gasteiger partial charge on any atom is -0.497 e. The molecular weight excluding hydrogens is 320 g/mol. The molecule has 7 nitrogen and oxygen atoms in total. The van der Waals surface area contributed by atoms with Gasteiger partial charge in [0.25, 0.3) is 5.91 Å². The van der Waals surface area contributed by atoms with Crippen molar-refractivity contribution in [3.05, 3.63) is 66.4 Å². The Kier molecular flexibility index (Phi) is 4.94. The van der Waals surface area contributed by atoms with Crippen molar-refractivity contribution in [2.45, 2.75) is 6.54 Å². The second kappa shape index (κ2) is 7.48. The lowest BCUT2D eigenvalue weighted by Gasteiger charge is -2.11. The van der Waals surface area contributed by atoms with E-state index in [9.17, 15) is 4.79 Å². The number of imidazole rings is 1. The molecule has 25 heavy (non-hydrogen) atoms. The van der Waals surface area contributed by atoms with E-state index in [1.165, 1.54) is 6.20 Å². The van der Waals surface area contributed by atoms with Crippen molar-refractivity contribution in [3.63, 3.8) is 0 Å². The van der Waals surface area contributed by atoms with Gasteiger partial charge in [-0.25, -0.2) is 9.97 Å². The van der Waals surface area contributed by atoms with Gasteiger partial charge in [-0.15, -0.1) is 0 Å². The SMILES string of the molecule is COc1ccc(CNC(=O)c2ccc(-n3ccnc3)nc2)c(OC)c1. The average Bonchev–Trinajstić information content (AvgIpc) is 3.20. The molecule has 1 aromatic carbocycles. The maximum Gasteiger partial charge on any atom is 0.253 e. The number of carbonyl (C=O) groups excluding carboxylic acids is 1. The summed E-state index contributed by atoms with van der Waals surface area (Å²) in [4.78, 5) is 20.5. The number of carbonyl (C=O) groups is 1. The van der Waals surface area contributed by atoms with Crippen LogP contribution >= 0.6 is 0 Å². The van der Waals surface area contributed by atoms with Gasteiger partial charge < -0.3 is 14.8 Å². The molecule has 1 N–H and O–H groups in total. The summed E-state index contributed by atoms with van der Waals surface area (Å²) < 4.78 is 12.3. The first kappa shape index (κ1) is 16.5. The largest absolute Gasteiger partial charge is 0.497 e. The van der Waals surface area contributed by atoms with Gasteiger partial charge in [-0.3, -0.25) is 9.36 Å². The molecule has 1 amide bonds. The Morgan fingerprint density at radius 2 is 2.08 bits per heavy atom. The Balaban J connectivity index is 1.66. The molecule has 0 saturated heterocycles. The van der Waals surface area contributed by atoms with Crippen molar-refractivity contribution in [2.75, 3.05) is 14.2 Å². The minimum absolute atomic E-state index is 0.206. The first-order chi connectivity index (χ1) is 12.2. The summed E-state index contributed by atoms with van der Waals surface area (Å²) in [6, 6.07) is 8.96. The molecule has 128 valence electrons. The molecule has 0 saturated carbocycles. The second-order valence-electron chi connectivity index (χ2n) is 5.24. The number of hydrogen-bond donors (Lipinski definition) is 1. The minimum atomic E-state index is -0.206.